The van der Waals surface area contributed by atoms with Gasteiger partial charge in [0.1, 0.15) is 11.8 Å². The molecule has 3 aliphatic rings. The Morgan fingerprint density at radius 3 is 2.47 bits per heavy atom. The van der Waals surface area contributed by atoms with Gasteiger partial charge in [-0.3, -0.25) is 33.9 Å². The van der Waals surface area contributed by atoms with Gasteiger partial charge >= 0.3 is 4.87 Å². The van der Waals surface area contributed by atoms with Crippen molar-refractivity contribution in [2.75, 3.05) is 31.2 Å². The highest BCUT2D eigenvalue weighted by Crippen LogP contribution is 2.54. The zero-order valence-corrected chi connectivity index (χ0v) is 22.1. The second-order valence-electron chi connectivity index (χ2n) is 8.96. The fraction of sp³-hybridized carbons (Fsp3) is 0.333. The smallest absolute Gasteiger partial charge is 0.308 e. The number of amides is 3. The molecule has 0 radical (unpaired) electrons. The Labute approximate surface area is 227 Å². The second kappa shape index (κ2) is 9.76. The maximum Gasteiger partial charge on any atom is 0.308 e. The van der Waals surface area contributed by atoms with Crippen molar-refractivity contribution in [1.29, 1.82) is 0 Å². The molecule has 0 spiro atoms. The molecule has 2 aromatic heterocycles. The molecule has 11 nitrogen and oxygen atoms in total. The summed E-state index contributed by atoms with van der Waals surface area (Å²) >= 11 is 3.59. The van der Waals surface area contributed by atoms with Crippen molar-refractivity contribution in [3.05, 3.63) is 71.3 Å². The van der Waals surface area contributed by atoms with Gasteiger partial charge in [-0.15, -0.1) is 11.3 Å². The number of benzene rings is 1. The Kier molecular flexibility index (Phi) is 6.42. The summed E-state index contributed by atoms with van der Waals surface area (Å²) in [7, 11) is 0. The fourth-order valence-corrected chi connectivity index (χ4v) is 8.78. The number of morpholine rings is 1. The topological polar surface area (TPSA) is 132 Å². The number of nitro groups is 1. The monoisotopic (exact) mass is 572 g/mol. The van der Waals surface area contributed by atoms with Crippen molar-refractivity contribution < 1.29 is 24.0 Å². The average molecular weight is 573 g/mol. The summed E-state index contributed by atoms with van der Waals surface area (Å²) in [6.45, 7) is 1.63. The van der Waals surface area contributed by atoms with Gasteiger partial charge in [-0.2, -0.15) is 0 Å². The van der Waals surface area contributed by atoms with E-state index in [0.717, 1.165) is 32.9 Å². The van der Waals surface area contributed by atoms with Gasteiger partial charge in [-0.1, -0.05) is 29.2 Å². The quantitative estimate of drug-likeness (QED) is 0.259. The minimum absolute atomic E-state index is 0.146. The first-order valence-electron chi connectivity index (χ1n) is 11.8. The van der Waals surface area contributed by atoms with Crippen molar-refractivity contribution in [3.63, 3.8) is 0 Å². The summed E-state index contributed by atoms with van der Waals surface area (Å²) in [5, 5.41) is 12.7. The van der Waals surface area contributed by atoms with Gasteiger partial charge < -0.3 is 9.64 Å². The number of non-ortho nitro benzene ring substituents is 1. The first kappa shape index (κ1) is 25.0. The van der Waals surface area contributed by atoms with Crippen LogP contribution in [0.1, 0.15) is 15.7 Å². The number of nitrogens with zero attached hydrogens (tertiary/aromatic N) is 4. The Bertz CT molecular complexity index is 1490. The van der Waals surface area contributed by atoms with Gasteiger partial charge in [0, 0.05) is 40.9 Å². The Morgan fingerprint density at radius 1 is 1.08 bits per heavy atom. The highest BCUT2D eigenvalue weighted by atomic mass is 32.2. The molecule has 0 bridgehead atoms. The van der Waals surface area contributed by atoms with Crippen LogP contribution in [-0.4, -0.2) is 63.7 Å². The lowest BCUT2D eigenvalue weighted by Crippen LogP contribution is -2.43. The van der Waals surface area contributed by atoms with Crippen molar-refractivity contribution in [3.8, 4) is 0 Å². The van der Waals surface area contributed by atoms with Gasteiger partial charge in [0.15, 0.2) is 0 Å². The molecular formula is C24H20N4O7S3. The predicted molar refractivity (Wildman–Crippen MR) is 141 cm³/mol. The molecular weight excluding hydrogens is 552 g/mol. The molecule has 14 heteroatoms. The van der Waals surface area contributed by atoms with E-state index in [1.165, 1.54) is 40.2 Å². The number of imide groups is 1. The van der Waals surface area contributed by atoms with E-state index in [1.807, 2.05) is 17.5 Å². The third kappa shape index (κ3) is 4.08. The number of anilines is 1. The van der Waals surface area contributed by atoms with Crippen molar-refractivity contribution in [1.82, 2.24) is 9.47 Å². The summed E-state index contributed by atoms with van der Waals surface area (Å²) < 4.78 is 6.74. The normalized spacial score (nSPS) is 22.9. The number of carbonyl (C=O) groups is 3. The Morgan fingerprint density at radius 2 is 1.82 bits per heavy atom. The van der Waals surface area contributed by atoms with E-state index in [4.69, 9.17) is 4.74 Å². The number of fused-ring (bicyclic) bond motifs is 2. The summed E-state index contributed by atoms with van der Waals surface area (Å²) in [6, 6.07) is 9.03. The zero-order valence-electron chi connectivity index (χ0n) is 19.7. The number of thiophene rings is 1. The molecule has 6 rings (SSSR count). The molecule has 1 aromatic carbocycles. The minimum atomic E-state index is -0.809. The largest absolute Gasteiger partial charge is 0.378 e. The third-order valence-electron chi connectivity index (χ3n) is 6.87. The van der Waals surface area contributed by atoms with E-state index in [9.17, 15) is 29.3 Å². The van der Waals surface area contributed by atoms with Crippen LogP contribution in [0, 0.1) is 16.0 Å². The van der Waals surface area contributed by atoms with Crippen LogP contribution in [-0.2, 0) is 25.7 Å². The number of hydrogen-bond acceptors (Lipinski definition) is 10. The SMILES string of the molecule is O=C(Cn1c2c(sc1=O)[C@@H](c1cccs1)[C@@H]1C(=O)N(c3ccc([N+](=O)[O-])cc3)C(=O)[C@@H]1S2)N1CCOCC1. The van der Waals surface area contributed by atoms with Gasteiger partial charge in [0.2, 0.25) is 17.7 Å². The first-order chi connectivity index (χ1) is 18.3. The minimum Gasteiger partial charge on any atom is -0.378 e. The van der Waals surface area contributed by atoms with Crippen LogP contribution in [0.5, 0.6) is 0 Å². The Balaban J connectivity index is 1.39. The van der Waals surface area contributed by atoms with E-state index in [1.54, 1.807) is 4.90 Å². The molecule has 3 amide bonds. The molecule has 3 aliphatic heterocycles. The van der Waals surface area contributed by atoms with Gasteiger partial charge in [0.05, 0.1) is 34.8 Å². The third-order valence-corrected chi connectivity index (χ3v) is 10.4. The number of thioether (sulfide) groups is 1. The number of thiazole rings is 1. The maximum absolute atomic E-state index is 13.8. The first-order valence-corrected chi connectivity index (χ1v) is 14.3. The van der Waals surface area contributed by atoms with Crippen LogP contribution in [0.3, 0.4) is 0 Å². The van der Waals surface area contributed by atoms with Crippen molar-refractivity contribution in [2.24, 2.45) is 5.92 Å². The second-order valence-corrected chi connectivity index (χ2v) is 12.1. The van der Waals surface area contributed by atoms with Crippen LogP contribution in [0.2, 0.25) is 0 Å². The highest BCUT2D eigenvalue weighted by Gasteiger charge is 2.57. The van der Waals surface area contributed by atoms with Gasteiger partial charge in [0.25, 0.3) is 5.69 Å². The summed E-state index contributed by atoms with van der Waals surface area (Å²) in [5.74, 6) is -2.34. The molecule has 3 aromatic rings. The molecule has 38 heavy (non-hydrogen) atoms. The molecule has 3 atom stereocenters. The molecule has 0 N–H and O–H groups in total. The highest BCUT2D eigenvalue weighted by molar-refractivity contribution is 8.00. The number of nitro benzene ring substituents is 1. The van der Waals surface area contributed by atoms with Crippen LogP contribution < -0.4 is 9.77 Å². The van der Waals surface area contributed by atoms with Gasteiger partial charge in [-0.05, 0) is 23.6 Å². The molecule has 2 saturated heterocycles. The predicted octanol–water partition coefficient (Wildman–Crippen LogP) is 2.53. The standard InChI is InChI=1S/C24H20N4O7S3/c29-16(25-7-9-35-10-8-25)12-26-23-20(38-24(26)32)17(15-2-1-11-36-15)18-19(37-23)22(31)27(21(18)30)13-3-5-14(6-4-13)28(33)34/h1-6,11,17-19H,7-10,12H2/t17-,18-,19+/m0/s1. The summed E-state index contributed by atoms with van der Waals surface area (Å²) in [6.07, 6.45) is 0. The van der Waals surface area contributed by atoms with Crippen LogP contribution in [0.25, 0.3) is 0 Å². The lowest BCUT2D eigenvalue weighted by atomic mass is 9.87. The number of aromatic nitrogens is 1. The van der Waals surface area contributed by atoms with Gasteiger partial charge in [-0.25, -0.2) is 4.90 Å². The van der Waals surface area contributed by atoms with E-state index in [0.29, 0.717) is 36.2 Å². The molecule has 0 saturated carbocycles. The number of hydrogen-bond donors (Lipinski definition) is 0. The molecule has 196 valence electrons. The maximum atomic E-state index is 13.8. The lowest BCUT2D eigenvalue weighted by Gasteiger charge is -2.30. The molecule has 2 fully saturated rings. The molecule has 0 unspecified atom stereocenters. The fourth-order valence-electron chi connectivity index (χ4n) is 5.06. The number of ether oxygens (including phenoxy) is 1. The summed E-state index contributed by atoms with van der Waals surface area (Å²) in [4.78, 5) is 68.1. The van der Waals surface area contributed by atoms with E-state index in [2.05, 4.69) is 0 Å². The van der Waals surface area contributed by atoms with E-state index < -0.39 is 33.8 Å². The van der Waals surface area contributed by atoms with E-state index in [-0.39, 0.29) is 28.7 Å². The average Bonchev–Trinajstić information content (AvgIpc) is 3.62. The van der Waals surface area contributed by atoms with E-state index >= 15 is 0 Å². The van der Waals surface area contributed by atoms with Crippen LogP contribution in [0.4, 0.5) is 11.4 Å². The molecule has 5 heterocycles. The van der Waals surface area contributed by atoms with Crippen LogP contribution >= 0.6 is 34.4 Å². The Hall–Kier alpha value is -3.33. The lowest BCUT2D eigenvalue weighted by molar-refractivity contribution is -0.384. The number of rotatable bonds is 5. The van der Waals surface area contributed by atoms with Crippen LogP contribution in [0.15, 0.2) is 51.6 Å². The molecule has 0 aliphatic carbocycles. The zero-order chi connectivity index (χ0) is 26.6. The number of carbonyl (C=O) groups excluding carboxylic acids is 3. The summed E-state index contributed by atoms with van der Waals surface area (Å²) in [5.41, 5.74) is 0.112. The van der Waals surface area contributed by atoms with Crippen molar-refractivity contribution >= 4 is 63.5 Å². The van der Waals surface area contributed by atoms with Crippen molar-refractivity contribution in [2.45, 2.75) is 22.7 Å².